The molecule has 70 valence electrons. The number of carbonyl (C=O) groups is 1. The first kappa shape index (κ1) is 14.2. The van der Waals surface area contributed by atoms with Crippen LogP contribution in [0.4, 0.5) is 0 Å². The molecule has 0 saturated heterocycles. The Bertz CT molecular complexity index is 439. The summed E-state index contributed by atoms with van der Waals surface area (Å²) in [7, 11) is -4.32. The van der Waals surface area contributed by atoms with Gasteiger partial charge in [-0.2, -0.15) is 8.42 Å². The summed E-state index contributed by atoms with van der Waals surface area (Å²) < 4.78 is 29.7. The first-order valence-corrected chi connectivity index (χ1v) is 4.66. The van der Waals surface area contributed by atoms with Gasteiger partial charge >= 0.3 is 57.4 Å². The van der Waals surface area contributed by atoms with Gasteiger partial charge in [0.25, 0.3) is 10.1 Å². The van der Waals surface area contributed by atoms with Crippen molar-refractivity contribution in [2.45, 2.75) is 4.90 Å². The predicted molar refractivity (Wildman–Crippen MR) is 43.2 cm³/mol. The maximum Gasteiger partial charge on any atom is 1.00 e. The molecule has 2 N–H and O–H groups in total. The van der Waals surface area contributed by atoms with Crippen molar-refractivity contribution in [1.82, 2.24) is 0 Å². The summed E-state index contributed by atoms with van der Waals surface area (Å²) in [6.45, 7) is 0. The van der Waals surface area contributed by atoms with Gasteiger partial charge in [-0.25, -0.2) is 4.79 Å². The quantitative estimate of drug-likeness (QED) is 0.446. The third-order valence-corrected chi connectivity index (χ3v) is 2.23. The second-order valence-electron chi connectivity index (χ2n) is 2.31. The van der Waals surface area contributed by atoms with Gasteiger partial charge in [0.2, 0.25) is 0 Å². The summed E-state index contributed by atoms with van der Waals surface area (Å²) in [6.07, 6.45) is 0. The SMILES string of the molecule is O=C(O)c1cccc(S(=O)(=O)O)c1.[K+]. The van der Waals surface area contributed by atoms with Gasteiger partial charge < -0.3 is 5.11 Å². The normalized spacial score (nSPS) is 10.4. The molecule has 7 heteroatoms. The summed E-state index contributed by atoms with van der Waals surface area (Å²) >= 11 is 0. The Kier molecular flexibility index (Phi) is 5.45. The van der Waals surface area contributed by atoms with Crippen molar-refractivity contribution in [3.63, 3.8) is 0 Å². The number of aromatic carboxylic acids is 1. The van der Waals surface area contributed by atoms with E-state index in [0.717, 1.165) is 12.1 Å². The second-order valence-corrected chi connectivity index (χ2v) is 3.73. The van der Waals surface area contributed by atoms with Crippen molar-refractivity contribution in [3.8, 4) is 0 Å². The third-order valence-electron chi connectivity index (χ3n) is 1.38. The molecule has 0 aliphatic rings. The number of benzene rings is 1. The average Bonchev–Trinajstić information content (AvgIpc) is 2.03. The Morgan fingerprint density at radius 1 is 1.29 bits per heavy atom. The molecule has 0 amide bonds. The zero-order valence-corrected chi connectivity index (χ0v) is 11.3. The molecule has 0 spiro atoms. The van der Waals surface area contributed by atoms with Crippen molar-refractivity contribution in [1.29, 1.82) is 0 Å². The molecule has 0 aromatic heterocycles. The topological polar surface area (TPSA) is 91.7 Å². The Labute approximate surface area is 123 Å². The van der Waals surface area contributed by atoms with Gasteiger partial charge in [0.1, 0.15) is 0 Å². The maximum absolute atomic E-state index is 10.6. The van der Waals surface area contributed by atoms with Crippen molar-refractivity contribution in [2.24, 2.45) is 0 Å². The summed E-state index contributed by atoms with van der Waals surface area (Å²) in [5.74, 6) is -1.24. The van der Waals surface area contributed by atoms with E-state index in [9.17, 15) is 13.2 Å². The van der Waals surface area contributed by atoms with Crippen LogP contribution >= 0.6 is 0 Å². The molecule has 1 aromatic rings. The van der Waals surface area contributed by atoms with Crippen LogP contribution in [0.25, 0.3) is 0 Å². The fraction of sp³-hybridized carbons (Fsp3) is 0. The van der Waals surface area contributed by atoms with E-state index in [0.29, 0.717) is 0 Å². The van der Waals surface area contributed by atoms with Crippen molar-refractivity contribution in [2.75, 3.05) is 0 Å². The van der Waals surface area contributed by atoms with E-state index in [-0.39, 0.29) is 56.9 Å². The molecule has 0 heterocycles. The summed E-state index contributed by atoms with van der Waals surface area (Å²) in [5.41, 5.74) is -0.185. The molecular weight excluding hydrogens is 235 g/mol. The van der Waals surface area contributed by atoms with Crippen LogP contribution in [0.1, 0.15) is 10.4 Å². The Hall–Kier alpha value is 0.236. The van der Waals surface area contributed by atoms with Crippen molar-refractivity contribution >= 4 is 16.1 Å². The summed E-state index contributed by atoms with van der Waals surface area (Å²) in [4.78, 5) is 9.98. The molecule has 0 bridgehead atoms. The molecule has 1 aromatic carbocycles. The zero-order valence-electron chi connectivity index (χ0n) is 7.34. The number of carboxylic acids is 1. The minimum atomic E-state index is -4.32. The van der Waals surface area contributed by atoms with Crippen LogP contribution in [0.2, 0.25) is 0 Å². The monoisotopic (exact) mass is 241 g/mol. The molecule has 5 nitrogen and oxygen atoms in total. The first-order chi connectivity index (χ1) is 5.91. The van der Waals surface area contributed by atoms with E-state index in [1.54, 1.807) is 0 Å². The van der Waals surface area contributed by atoms with Crippen LogP contribution in [-0.4, -0.2) is 24.0 Å². The van der Waals surface area contributed by atoms with Gasteiger partial charge in [-0.1, -0.05) is 6.07 Å². The second kappa shape index (κ2) is 5.36. The number of hydrogen-bond donors (Lipinski definition) is 2. The van der Waals surface area contributed by atoms with Gasteiger partial charge in [0.15, 0.2) is 0 Å². The number of carboxylic acid groups (broad SMARTS) is 1. The van der Waals surface area contributed by atoms with Crippen molar-refractivity contribution in [3.05, 3.63) is 29.8 Å². The van der Waals surface area contributed by atoms with Gasteiger partial charge in [0.05, 0.1) is 10.5 Å². The smallest absolute Gasteiger partial charge is 0.478 e. The summed E-state index contributed by atoms with van der Waals surface area (Å²) in [6, 6.07) is 4.48. The van der Waals surface area contributed by atoms with Gasteiger partial charge in [-0.15, -0.1) is 0 Å². The fourth-order valence-corrected chi connectivity index (χ4v) is 1.32. The minimum absolute atomic E-state index is 0. The average molecular weight is 241 g/mol. The molecule has 0 atom stereocenters. The molecule has 14 heavy (non-hydrogen) atoms. The molecule has 0 aliphatic carbocycles. The van der Waals surface area contributed by atoms with E-state index in [4.69, 9.17) is 9.66 Å². The van der Waals surface area contributed by atoms with Crippen LogP contribution in [0.3, 0.4) is 0 Å². The van der Waals surface area contributed by atoms with Crippen LogP contribution < -0.4 is 51.4 Å². The molecule has 0 aliphatic heterocycles. The minimum Gasteiger partial charge on any atom is -0.478 e. The van der Waals surface area contributed by atoms with Gasteiger partial charge in [0, 0.05) is 0 Å². The largest absolute Gasteiger partial charge is 1.00 e. The van der Waals surface area contributed by atoms with E-state index in [2.05, 4.69) is 0 Å². The fourth-order valence-electron chi connectivity index (χ4n) is 0.790. The van der Waals surface area contributed by atoms with Crippen molar-refractivity contribution < 1.29 is 74.3 Å². The van der Waals surface area contributed by atoms with E-state index >= 15 is 0 Å². The molecular formula is C7H6KO5S+. The predicted octanol–water partition coefficient (Wildman–Crippen LogP) is -2.36. The van der Waals surface area contributed by atoms with Crippen LogP contribution in [0, 0.1) is 0 Å². The molecule has 0 unspecified atom stereocenters. The maximum atomic E-state index is 10.6. The van der Waals surface area contributed by atoms with E-state index in [1.807, 2.05) is 0 Å². The van der Waals surface area contributed by atoms with Crippen LogP contribution in [0.15, 0.2) is 29.2 Å². The molecule has 1 rings (SSSR count). The Balaban J connectivity index is 0.00000169. The van der Waals surface area contributed by atoms with Gasteiger partial charge in [-0.3, -0.25) is 4.55 Å². The summed E-state index contributed by atoms with van der Waals surface area (Å²) in [5, 5.41) is 8.50. The van der Waals surface area contributed by atoms with Gasteiger partial charge in [-0.05, 0) is 18.2 Å². The molecule has 0 fully saturated rings. The number of rotatable bonds is 2. The van der Waals surface area contributed by atoms with Crippen LogP contribution in [0.5, 0.6) is 0 Å². The number of hydrogen-bond acceptors (Lipinski definition) is 3. The molecule has 0 radical (unpaired) electrons. The van der Waals surface area contributed by atoms with Crippen LogP contribution in [-0.2, 0) is 10.1 Å². The standard InChI is InChI=1S/C7H6O5S.K/c8-7(9)5-2-1-3-6(4-5)13(10,11)12;/h1-4H,(H,8,9)(H,10,11,12);/q;+1. The Morgan fingerprint density at radius 3 is 2.29 bits per heavy atom. The molecule has 0 saturated carbocycles. The van der Waals surface area contributed by atoms with E-state index < -0.39 is 21.0 Å². The Morgan fingerprint density at radius 2 is 1.86 bits per heavy atom. The first-order valence-electron chi connectivity index (χ1n) is 3.22. The zero-order chi connectivity index (χ0) is 10.1. The van der Waals surface area contributed by atoms with E-state index in [1.165, 1.54) is 12.1 Å². The third kappa shape index (κ3) is 3.77.